The lowest BCUT2D eigenvalue weighted by molar-refractivity contribution is -0.124. The first-order valence-corrected chi connectivity index (χ1v) is 18.5. The highest BCUT2D eigenvalue weighted by atomic mass is 32.2. The molecule has 2 atom stereocenters. The minimum atomic E-state index is -5.92. The zero-order valence-electron chi connectivity index (χ0n) is 28.5. The molecule has 2 aromatic carbocycles. The van der Waals surface area contributed by atoms with Crippen molar-refractivity contribution < 1.29 is 48.9 Å². The average molecular weight is 728 g/mol. The predicted octanol–water partition coefficient (Wildman–Crippen LogP) is 6.85. The molecule has 15 heteroatoms. The number of alkyl halides is 3. The number of ether oxygens (including phenoxy) is 1. The van der Waals surface area contributed by atoms with Crippen molar-refractivity contribution in [3.05, 3.63) is 47.0 Å². The highest BCUT2D eigenvalue weighted by Gasteiger charge is 2.54. The number of amides is 2. The number of morpholine rings is 1. The van der Waals surface area contributed by atoms with E-state index in [-0.39, 0.29) is 41.1 Å². The quantitative estimate of drug-likeness (QED) is 0.194. The summed E-state index contributed by atoms with van der Waals surface area (Å²) in [6.45, 7) is 5.56. The summed E-state index contributed by atoms with van der Waals surface area (Å²) >= 11 is 0. The summed E-state index contributed by atoms with van der Waals surface area (Å²) in [5.41, 5.74) is -4.90. The zero-order valence-corrected chi connectivity index (χ0v) is 29.4. The Balaban J connectivity index is 0.000000173. The van der Waals surface area contributed by atoms with Crippen LogP contribution in [0.4, 0.5) is 39.0 Å². The minimum absolute atomic E-state index is 0.0410. The molecule has 2 aliphatic carbocycles. The van der Waals surface area contributed by atoms with E-state index < -0.39 is 38.0 Å². The Morgan fingerprint density at radius 3 is 1.64 bits per heavy atom. The van der Waals surface area contributed by atoms with Crippen LogP contribution in [0.1, 0.15) is 89.2 Å². The Morgan fingerprint density at radius 2 is 1.18 bits per heavy atom. The maximum atomic E-state index is 15.2. The predicted molar refractivity (Wildman–Crippen MR) is 177 cm³/mol. The molecule has 3 aliphatic heterocycles. The van der Waals surface area contributed by atoms with Gasteiger partial charge in [0.15, 0.2) is 0 Å². The van der Waals surface area contributed by atoms with Crippen LogP contribution in [0.25, 0.3) is 0 Å². The van der Waals surface area contributed by atoms with E-state index in [4.69, 9.17) is 4.74 Å². The number of nitrogens with zero attached hydrogens (tertiary/aromatic N) is 3. The highest BCUT2D eigenvalue weighted by Crippen LogP contribution is 2.53. The molecular weight excluding hydrogens is 685 g/mol. The minimum Gasteiger partial charge on any atom is -0.376 e. The second-order valence-electron chi connectivity index (χ2n) is 14.3. The number of fused-ring (bicyclic) bond motifs is 4. The summed E-state index contributed by atoms with van der Waals surface area (Å²) in [5.74, 6) is -2.25. The molecule has 0 radical (unpaired) electrons. The molecule has 7 rings (SSSR count). The number of anilines is 3. The molecule has 9 nitrogen and oxygen atoms in total. The van der Waals surface area contributed by atoms with Crippen molar-refractivity contribution in [1.82, 2.24) is 0 Å². The average Bonchev–Trinajstić information content (AvgIpc) is 3.37. The van der Waals surface area contributed by atoms with Crippen molar-refractivity contribution in [2.45, 2.75) is 107 Å². The fourth-order valence-electron chi connectivity index (χ4n) is 8.73. The van der Waals surface area contributed by atoms with E-state index in [0.717, 1.165) is 86.8 Å². The highest BCUT2D eigenvalue weighted by molar-refractivity contribution is 7.88. The van der Waals surface area contributed by atoms with E-state index in [9.17, 15) is 35.6 Å². The molecular formula is C35H42F5N3O6S. The molecule has 50 heavy (non-hydrogen) atoms. The maximum Gasteiger partial charge on any atom is 0.534 e. The third-order valence-corrected chi connectivity index (χ3v) is 11.9. The van der Waals surface area contributed by atoms with Gasteiger partial charge in [-0.2, -0.15) is 21.6 Å². The first-order valence-electron chi connectivity index (χ1n) is 17.1. The lowest BCUT2D eigenvalue weighted by atomic mass is 9.70. The van der Waals surface area contributed by atoms with Gasteiger partial charge in [-0.25, -0.2) is 8.78 Å². The Labute approximate surface area is 288 Å². The van der Waals surface area contributed by atoms with E-state index in [1.54, 1.807) is 18.0 Å². The maximum absolute atomic E-state index is 15.2. The van der Waals surface area contributed by atoms with Crippen LogP contribution in [0.2, 0.25) is 0 Å². The summed E-state index contributed by atoms with van der Waals surface area (Å²) < 4.78 is 99.3. The number of hydrogen-bond donors (Lipinski definition) is 0. The number of rotatable bonds is 3. The summed E-state index contributed by atoms with van der Waals surface area (Å²) in [7, 11) is -2.75. The Morgan fingerprint density at radius 1 is 0.740 bits per heavy atom. The van der Waals surface area contributed by atoms with Crippen LogP contribution < -0.4 is 18.9 Å². The molecule has 1 saturated heterocycles. The Kier molecular flexibility index (Phi) is 9.41. The number of carbonyl (C=O) groups excluding carboxylic acids is 2. The normalized spacial score (nSPS) is 24.3. The summed E-state index contributed by atoms with van der Waals surface area (Å²) in [4.78, 5) is 30.7. The van der Waals surface area contributed by atoms with Crippen LogP contribution in [0.3, 0.4) is 0 Å². The van der Waals surface area contributed by atoms with Gasteiger partial charge < -0.3 is 23.6 Å². The zero-order chi connectivity index (χ0) is 36.4. The number of likely N-dealkylation sites (N-methyl/N-ethyl adjacent to an activating group) is 2. The van der Waals surface area contributed by atoms with Gasteiger partial charge in [0.05, 0.1) is 34.4 Å². The number of carbonyl (C=O) groups is 2. The summed E-state index contributed by atoms with van der Waals surface area (Å²) in [5, 5.41) is 0. The van der Waals surface area contributed by atoms with E-state index in [0.29, 0.717) is 24.5 Å². The Bertz CT molecular complexity index is 1780. The molecule has 2 amide bonds. The van der Waals surface area contributed by atoms with Crippen LogP contribution >= 0.6 is 0 Å². The van der Waals surface area contributed by atoms with E-state index in [1.807, 2.05) is 19.9 Å². The van der Waals surface area contributed by atoms with Crippen LogP contribution in [-0.2, 0) is 35.3 Å². The molecule has 3 fully saturated rings. The molecule has 274 valence electrons. The first kappa shape index (κ1) is 36.3. The third kappa shape index (κ3) is 6.01. The van der Waals surface area contributed by atoms with Crippen molar-refractivity contribution in [3.8, 4) is 5.75 Å². The van der Waals surface area contributed by atoms with Crippen LogP contribution in [0, 0.1) is 11.6 Å². The van der Waals surface area contributed by atoms with Gasteiger partial charge in [0.1, 0.15) is 17.4 Å². The third-order valence-electron chi connectivity index (χ3n) is 10.9. The summed E-state index contributed by atoms with van der Waals surface area (Å²) in [6.07, 6.45) is 8.18. The van der Waals surface area contributed by atoms with Crippen molar-refractivity contribution in [2.24, 2.45) is 0 Å². The fourth-order valence-corrected chi connectivity index (χ4v) is 9.17. The van der Waals surface area contributed by atoms with Gasteiger partial charge in [-0.1, -0.05) is 38.5 Å². The largest absolute Gasteiger partial charge is 0.534 e. The molecule has 3 heterocycles. The standard InChI is InChI=1S/C20H27FN2O2.C15H15F4NO4S/c1-13-11-23(12-14(2)25-13)15-9-16(21)18-17(10-15)22(3)19(24)20(18)7-5-4-6-8-20;1-20-11-8-9(24-25(22,23)15(17,18)19)7-10(16)12(11)14(13(20)21)5-3-2-4-6-14/h9-10,13-14H,4-8,11-12H2,1-3H3;7-8H,2-6H2,1H3/t13-,14+;. The molecule has 2 saturated carbocycles. The first-order chi connectivity index (χ1) is 23.4. The number of hydrogen-bond acceptors (Lipinski definition) is 7. The van der Waals surface area contributed by atoms with Gasteiger partial charge in [0.25, 0.3) is 0 Å². The Hall–Kier alpha value is -3.46. The second kappa shape index (κ2) is 12.9. The van der Waals surface area contributed by atoms with E-state index >= 15 is 4.39 Å². The van der Waals surface area contributed by atoms with Crippen molar-refractivity contribution >= 4 is 39.0 Å². The summed E-state index contributed by atoms with van der Waals surface area (Å²) in [6, 6.07) is 5.19. The van der Waals surface area contributed by atoms with Gasteiger partial charge in [0.2, 0.25) is 11.8 Å². The van der Waals surface area contributed by atoms with Crippen LogP contribution in [0.5, 0.6) is 5.75 Å². The molecule has 5 aliphatic rings. The van der Waals surface area contributed by atoms with Gasteiger partial charge in [-0.3, -0.25) is 9.59 Å². The van der Waals surface area contributed by atoms with Gasteiger partial charge >= 0.3 is 15.6 Å². The molecule has 0 N–H and O–H groups in total. The van der Waals surface area contributed by atoms with Crippen molar-refractivity contribution in [2.75, 3.05) is 41.9 Å². The van der Waals surface area contributed by atoms with Gasteiger partial charge in [-0.05, 0) is 51.7 Å². The molecule has 2 spiro atoms. The monoisotopic (exact) mass is 727 g/mol. The van der Waals surface area contributed by atoms with Crippen molar-refractivity contribution in [3.63, 3.8) is 0 Å². The number of halogens is 5. The van der Waals surface area contributed by atoms with E-state index in [1.165, 1.54) is 7.05 Å². The molecule has 0 aromatic heterocycles. The fraction of sp³-hybridized carbons (Fsp3) is 0.600. The molecule has 0 bridgehead atoms. The van der Waals surface area contributed by atoms with Gasteiger partial charge in [0, 0.05) is 56.1 Å². The topological polar surface area (TPSA) is 96.5 Å². The SMILES string of the molecule is CN1C(=O)C2(CCCCC2)c2c(F)cc(OS(=O)(=O)C(F)(F)F)cc21.C[C@@H]1CN(c2cc(F)c3c(c2)N(C)C(=O)C32CCCCC2)C[C@H](C)O1. The smallest absolute Gasteiger partial charge is 0.376 e. The number of benzene rings is 2. The molecule has 2 aromatic rings. The van der Waals surface area contributed by atoms with Crippen LogP contribution in [0.15, 0.2) is 24.3 Å². The van der Waals surface area contributed by atoms with Gasteiger partial charge in [-0.15, -0.1) is 0 Å². The van der Waals surface area contributed by atoms with Crippen LogP contribution in [-0.4, -0.2) is 65.1 Å². The second-order valence-corrected chi connectivity index (χ2v) is 15.8. The van der Waals surface area contributed by atoms with Crippen molar-refractivity contribution in [1.29, 1.82) is 0 Å². The lowest BCUT2D eigenvalue weighted by Crippen LogP contribution is -2.45. The van der Waals surface area contributed by atoms with E-state index in [2.05, 4.69) is 9.08 Å². The molecule has 0 unspecified atom stereocenters. The lowest BCUT2D eigenvalue weighted by Gasteiger charge is -2.37.